The van der Waals surface area contributed by atoms with Gasteiger partial charge in [-0.15, -0.1) is 0 Å². The predicted molar refractivity (Wildman–Crippen MR) is 191 cm³/mol. The molecule has 2 N–H and O–H groups in total. The summed E-state index contributed by atoms with van der Waals surface area (Å²) in [4.78, 5) is 62.1. The summed E-state index contributed by atoms with van der Waals surface area (Å²) in [6.45, 7) is 0.865. The van der Waals surface area contributed by atoms with Crippen molar-refractivity contribution in [3.8, 4) is 0 Å². The molecule has 0 bridgehead atoms. The number of carbonyl (C=O) groups excluding carboxylic acids is 4. The molecule has 6 rings (SSSR count). The Balaban J connectivity index is 0.996. The number of carbonyl (C=O) groups is 4. The van der Waals surface area contributed by atoms with Crippen LogP contribution in [0.3, 0.4) is 0 Å². The van der Waals surface area contributed by atoms with Crippen molar-refractivity contribution < 1.29 is 19.2 Å². The molecule has 0 spiro atoms. The Hall–Kier alpha value is -6.52. The number of nitrogens with one attached hydrogen (secondary N) is 2. The number of benzene rings is 3. The molecule has 3 aromatic carbocycles. The highest BCUT2D eigenvalue weighted by Gasteiger charge is 2.34. The van der Waals surface area contributed by atoms with E-state index in [1.165, 1.54) is 4.90 Å². The van der Waals surface area contributed by atoms with Crippen molar-refractivity contribution in [3.05, 3.63) is 142 Å². The molecule has 2 aliphatic heterocycles. The van der Waals surface area contributed by atoms with Gasteiger partial charge in [-0.25, -0.2) is 0 Å². The molecule has 1 aromatic heterocycles. The van der Waals surface area contributed by atoms with Gasteiger partial charge >= 0.3 is 0 Å². The minimum absolute atomic E-state index is 0.0794. The largest absolute Gasteiger partial charge is 0.330 e. The number of amides is 4. The first-order valence-electron chi connectivity index (χ1n) is 16.2. The van der Waals surface area contributed by atoms with E-state index in [-0.39, 0.29) is 30.0 Å². The van der Waals surface area contributed by atoms with Crippen molar-refractivity contribution in [2.24, 2.45) is 5.11 Å². The number of nitrogens with zero attached hydrogens (tertiary/aromatic N) is 6. The molecular formula is C38H34N8O4. The van der Waals surface area contributed by atoms with Crippen LogP contribution in [0.4, 0.5) is 17.1 Å². The molecular weight excluding hydrogens is 632 g/mol. The van der Waals surface area contributed by atoms with E-state index < -0.39 is 12.1 Å². The van der Waals surface area contributed by atoms with Gasteiger partial charge in [0.1, 0.15) is 12.1 Å². The van der Waals surface area contributed by atoms with Crippen LogP contribution < -0.4 is 10.6 Å². The number of pyridine rings is 1. The minimum Gasteiger partial charge on any atom is -0.330 e. The molecule has 0 unspecified atom stereocenters. The van der Waals surface area contributed by atoms with Gasteiger partial charge in [-0.05, 0) is 77.5 Å². The summed E-state index contributed by atoms with van der Waals surface area (Å²) in [7, 11) is 0. The Morgan fingerprint density at radius 3 is 2.14 bits per heavy atom. The van der Waals surface area contributed by atoms with Crippen molar-refractivity contribution >= 4 is 52.8 Å². The summed E-state index contributed by atoms with van der Waals surface area (Å²) >= 11 is 0. The van der Waals surface area contributed by atoms with Gasteiger partial charge in [0.2, 0.25) is 11.8 Å². The number of anilines is 2. The van der Waals surface area contributed by atoms with E-state index >= 15 is 0 Å². The maximum atomic E-state index is 13.1. The topological polar surface area (TPSA) is 160 Å². The quantitative estimate of drug-likeness (QED) is 0.0659. The maximum Gasteiger partial charge on any atom is 0.255 e. The summed E-state index contributed by atoms with van der Waals surface area (Å²) in [5.74, 6) is -0.906. The Morgan fingerprint density at radius 2 is 1.52 bits per heavy atom. The number of likely N-dealkylation sites (tertiary alicyclic amines) is 1. The monoisotopic (exact) mass is 666 g/mol. The van der Waals surface area contributed by atoms with Crippen LogP contribution in [-0.2, 0) is 20.8 Å². The first kappa shape index (κ1) is 33.4. The molecule has 3 heterocycles. The van der Waals surface area contributed by atoms with Crippen LogP contribution in [0.15, 0.2) is 115 Å². The second-order valence-corrected chi connectivity index (χ2v) is 11.9. The Labute approximate surface area is 288 Å². The Morgan fingerprint density at radius 1 is 0.860 bits per heavy atom. The van der Waals surface area contributed by atoms with Crippen LogP contribution in [0.25, 0.3) is 22.6 Å². The number of hydrogen-bond acceptors (Lipinski definition) is 6. The molecule has 50 heavy (non-hydrogen) atoms. The molecule has 4 amide bonds. The van der Waals surface area contributed by atoms with Gasteiger partial charge in [0, 0.05) is 53.0 Å². The van der Waals surface area contributed by atoms with Gasteiger partial charge in [-0.2, -0.15) is 0 Å². The van der Waals surface area contributed by atoms with Crippen LogP contribution in [0.5, 0.6) is 0 Å². The smallest absolute Gasteiger partial charge is 0.255 e. The summed E-state index contributed by atoms with van der Waals surface area (Å²) in [6, 6.07) is 23.4. The number of azide groups is 1. The summed E-state index contributed by atoms with van der Waals surface area (Å²) in [5.41, 5.74) is 13.3. The third-order valence-corrected chi connectivity index (χ3v) is 8.54. The molecule has 0 saturated carbocycles. The van der Waals surface area contributed by atoms with Crippen LogP contribution in [0.1, 0.15) is 39.9 Å². The van der Waals surface area contributed by atoms with Gasteiger partial charge in [-0.1, -0.05) is 71.9 Å². The molecule has 1 saturated heterocycles. The van der Waals surface area contributed by atoms with Gasteiger partial charge in [0.15, 0.2) is 0 Å². The lowest BCUT2D eigenvalue weighted by Gasteiger charge is -2.24. The van der Waals surface area contributed by atoms with Crippen molar-refractivity contribution in [1.82, 2.24) is 14.8 Å². The number of aromatic nitrogens is 1. The highest BCUT2D eigenvalue weighted by Crippen LogP contribution is 2.23. The lowest BCUT2D eigenvalue weighted by atomic mass is 10.1. The van der Waals surface area contributed by atoms with E-state index in [2.05, 4.69) is 25.6 Å². The number of rotatable bonds is 10. The second-order valence-electron chi connectivity index (χ2n) is 11.9. The molecule has 12 nitrogen and oxygen atoms in total. The lowest BCUT2D eigenvalue weighted by Crippen LogP contribution is -2.43. The average molecular weight is 667 g/mol. The van der Waals surface area contributed by atoms with E-state index in [9.17, 15) is 19.2 Å². The average Bonchev–Trinajstić information content (AvgIpc) is 3.84. The van der Waals surface area contributed by atoms with Crippen molar-refractivity contribution in [2.75, 3.05) is 23.7 Å². The molecule has 2 atom stereocenters. The zero-order valence-electron chi connectivity index (χ0n) is 27.1. The van der Waals surface area contributed by atoms with Crippen molar-refractivity contribution in [1.29, 1.82) is 0 Å². The fourth-order valence-corrected chi connectivity index (χ4v) is 5.95. The highest BCUT2D eigenvalue weighted by atomic mass is 16.2. The van der Waals surface area contributed by atoms with E-state index in [0.29, 0.717) is 42.1 Å². The number of hydrogen-bond donors (Lipinski definition) is 2. The zero-order chi connectivity index (χ0) is 34.9. The van der Waals surface area contributed by atoms with Crippen molar-refractivity contribution in [3.63, 3.8) is 0 Å². The molecule has 0 aliphatic carbocycles. The van der Waals surface area contributed by atoms with Crippen LogP contribution >= 0.6 is 0 Å². The zero-order valence-corrected chi connectivity index (χ0v) is 27.1. The lowest BCUT2D eigenvalue weighted by molar-refractivity contribution is -0.136. The van der Waals surface area contributed by atoms with Gasteiger partial charge in [0.05, 0.1) is 6.42 Å². The molecule has 250 valence electrons. The van der Waals surface area contributed by atoms with E-state index in [1.807, 2.05) is 54.6 Å². The Kier molecular flexibility index (Phi) is 10.4. The first-order valence-corrected chi connectivity index (χ1v) is 16.2. The normalized spacial score (nSPS) is 16.6. The van der Waals surface area contributed by atoms with Gasteiger partial charge in [0.25, 0.3) is 11.8 Å². The van der Waals surface area contributed by atoms with E-state index in [0.717, 1.165) is 23.1 Å². The molecule has 4 aromatic rings. The third kappa shape index (κ3) is 8.12. The van der Waals surface area contributed by atoms with Crippen LogP contribution in [-0.4, -0.2) is 63.6 Å². The highest BCUT2D eigenvalue weighted by molar-refractivity contribution is 6.03. The molecule has 1 fully saturated rings. The van der Waals surface area contributed by atoms with Crippen LogP contribution in [0.2, 0.25) is 0 Å². The van der Waals surface area contributed by atoms with E-state index in [4.69, 9.17) is 5.53 Å². The first-order chi connectivity index (χ1) is 24.4. The second kappa shape index (κ2) is 15.6. The van der Waals surface area contributed by atoms with Crippen molar-refractivity contribution in [2.45, 2.75) is 31.3 Å². The standard InChI is InChI=1S/C38H34N8O4/c39-44-43-32-19-13-29(14-20-32)38(50)46-23-3-6-34(46)37(49)42-31-17-11-27(12-18-31)8-7-26-9-15-30(16-10-26)41-36(48)33-5-2-22-45(33)35(47)24-28-4-1-21-40-25-28/h1,3-4,6-21,25,33-34H,2,5,22-24H2,(H,41,48)(H,42,49)/b8-7+/t33-,34-/m0/s1. The SMILES string of the molecule is [N-]=[N+]=Nc1ccc(C(=O)N2CC=C[C@H]2C(=O)Nc2ccc(/C=C/c3ccc(NC(=O)[C@@H]4CCCN4C(=O)Cc4cccnc4)cc3)cc2)cc1. The third-order valence-electron chi connectivity index (χ3n) is 8.54. The minimum atomic E-state index is -0.761. The molecule has 0 radical (unpaired) electrons. The predicted octanol–water partition coefficient (Wildman–Crippen LogP) is 6.39. The summed E-state index contributed by atoms with van der Waals surface area (Å²) in [6.07, 6.45) is 12.3. The summed E-state index contributed by atoms with van der Waals surface area (Å²) < 4.78 is 0. The van der Waals surface area contributed by atoms with Gasteiger partial charge < -0.3 is 20.4 Å². The molecule has 12 heteroatoms. The van der Waals surface area contributed by atoms with Gasteiger partial charge in [-0.3, -0.25) is 24.2 Å². The summed E-state index contributed by atoms with van der Waals surface area (Å²) in [5, 5.41) is 9.36. The van der Waals surface area contributed by atoms with E-state index in [1.54, 1.807) is 71.9 Å². The van der Waals surface area contributed by atoms with Crippen LogP contribution in [0, 0.1) is 0 Å². The Bertz CT molecular complexity index is 1970. The fourth-order valence-electron chi connectivity index (χ4n) is 5.95. The fraction of sp³-hybridized carbons (Fsp3) is 0.184. The molecule has 2 aliphatic rings. The maximum absolute atomic E-state index is 13.1.